The summed E-state index contributed by atoms with van der Waals surface area (Å²) in [6, 6.07) is 3.32. The van der Waals surface area contributed by atoms with Crippen LogP contribution in [0.15, 0.2) is 22.4 Å². The first-order chi connectivity index (χ1) is 11.5. The third kappa shape index (κ3) is 3.16. The zero-order valence-corrected chi connectivity index (χ0v) is 15.6. The highest BCUT2D eigenvalue weighted by atomic mass is 79.9. The van der Waals surface area contributed by atoms with E-state index in [0.717, 1.165) is 0 Å². The summed E-state index contributed by atoms with van der Waals surface area (Å²) in [5, 5.41) is 10.9. The highest BCUT2D eigenvalue weighted by Crippen LogP contribution is 2.50. The molecule has 1 spiro atoms. The summed E-state index contributed by atoms with van der Waals surface area (Å²) in [5.74, 6) is -2.51. The average Bonchev–Trinajstić information content (AvgIpc) is 2.70. The third-order valence-corrected chi connectivity index (χ3v) is 5.67. The zero-order valence-electron chi connectivity index (χ0n) is 13.2. The van der Waals surface area contributed by atoms with Gasteiger partial charge in [-0.3, -0.25) is 0 Å². The molecule has 0 saturated heterocycles. The predicted octanol–water partition coefficient (Wildman–Crippen LogP) is 5.73. The minimum atomic E-state index is -4.28. The highest BCUT2D eigenvalue weighted by molar-refractivity contribution is 9.10. The first-order valence-corrected chi connectivity index (χ1v) is 8.92. The fourth-order valence-corrected chi connectivity index (χ4v) is 4.66. The van der Waals surface area contributed by atoms with Gasteiger partial charge in [-0.25, -0.2) is 4.79 Å². The molecule has 0 atom stereocenters. The molecule has 3 rings (SSSR count). The van der Waals surface area contributed by atoms with Crippen molar-refractivity contribution >= 4 is 39.1 Å². The molecule has 0 amide bonds. The molecular formula is C17H15BrClF3O3. The number of rotatable bonds is 1. The summed E-state index contributed by atoms with van der Waals surface area (Å²) in [6.07, 6.45) is -4.79. The van der Waals surface area contributed by atoms with Crippen LogP contribution in [0.25, 0.3) is 5.57 Å². The summed E-state index contributed by atoms with van der Waals surface area (Å²) in [6.45, 7) is 1.73. The van der Waals surface area contributed by atoms with Gasteiger partial charge in [0.05, 0.1) is 10.9 Å². The van der Waals surface area contributed by atoms with E-state index in [1.807, 2.05) is 0 Å². The van der Waals surface area contributed by atoms with Crippen molar-refractivity contribution in [1.29, 1.82) is 0 Å². The Balaban J connectivity index is 1.99. The lowest BCUT2D eigenvalue weighted by Gasteiger charge is -2.36. The molecule has 3 nitrogen and oxygen atoms in total. The lowest BCUT2D eigenvalue weighted by molar-refractivity contribution is -0.194. The molecule has 0 radical (unpaired) electrons. The Bertz CT molecular complexity index is 742. The molecule has 1 aliphatic carbocycles. The smallest absolute Gasteiger partial charge is 0.391 e. The Hall–Kier alpha value is -1.21. The second-order valence-electron chi connectivity index (χ2n) is 6.50. The van der Waals surface area contributed by atoms with Gasteiger partial charge in [0.15, 0.2) is 11.4 Å². The number of halogens is 5. The molecule has 1 heterocycles. The standard InChI is InChI=1S/C17H15BrClF3O3/c1-8-6-10(18)7-11(19)12(8)13-14(23)16(25-15(13)24)4-2-9(3-5-16)17(20,21)22/h6-7,9,23H,2-5H2,1H3. The molecule has 0 aromatic heterocycles. The monoisotopic (exact) mass is 438 g/mol. The number of hydrogen-bond acceptors (Lipinski definition) is 3. The molecule has 1 N–H and O–H groups in total. The normalized spacial score (nSPS) is 27.1. The van der Waals surface area contributed by atoms with Gasteiger partial charge in [0, 0.05) is 10.0 Å². The zero-order chi connectivity index (χ0) is 18.6. The maximum atomic E-state index is 12.9. The molecular weight excluding hydrogens is 425 g/mol. The van der Waals surface area contributed by atoms with Crippen LogP contribution >= 0.6 is 27.5 Å². The minimum Gasteiger partial charge on any atom is -0.507 e. The van der Waals surface area contributed by atoms with E-state index < -0.39 is 23.7 Å². The summed E-state index contributed by atoms with van der Waals surface area (Å²) in [5.41, 5.74) is -0.432. The lowest BCUT2D eigenvalue weighted by atomic mass is 9.77. The SMILES string of the molecule is Cc1cc(Br)cc(Cl)c1C1=C(O)C2(CCC(C(F)(F)F)CC2)OC1=O. The molecule has 136 valence electrons. The van der Waals surface area contributed by atoms with E-state index >= 15 is 0 Å². The number of carbonyl (C=O) groups excluding carboxylic acids is 1. The van der Waals surface area contributed by atoms with Crippen molar-refractivity contribution in [2.75, 3.05) is 0 Å². The molecule has 1 aromatic rings. The van der Waals surface area contributed by atoms with E-state index in [4.69, 9.17) is 16.3 Å². The van der Waals surface area contributed by atoms with Crippen LogP contribution in [-0.2, 0) is 9.53 Å². The molecule has 25 heavy (non-hydrogen) atoms. The predicted molar refractivity (Wildman–Crippen MR) is 90.3 cm³/mol. The Kier molecular flexibility index (Phi) is 4.60. The number of esters is 1. The third-order valence-electron chi connectivity index (χ3n) is 4.92. The highest BCUT2D eigenvalue weighted by Gasteiger charge is 2.54. The Morgan fingerprint density at radius 3 is 2.44 bits per heavy atom. The summed E-state index contributed by atoms with van der Waals surface area (Å²) >= 11 is 9.52. The summed E-state index contributed by atoms with van der Waals surface area (Å²) in [7, 11) is 0. The van der Waals surface area contributed by atoms with Crippen LogP contribution in [0.1, 0.15) is 36.8 Å². The Labute approximate surface area is 155 Å². The van der Waals surface area contributed by atoms with E-state index in [0.29, 0.717) is 15.6 Å². The average molecular weight is 440 g/mol. The number of hydrogen-bond donors (Lipinski definition) is 1. The number of benzene rings is 1. The molecule has 1 aliphatic heterocycles. The van der Waals surface area contributed by atoms with E-state index in [2.05, 4.69) is 15.9 Å². The minimum absolute atomic E-state index is 0.0551. The number of alkyl halides is 3. The van der Waals surface area contributed by atoms with Gasteiger partial charge >= 0.3 is 12.1 Å². The van der Waals surface area contributed by atoms with Crippen LogP contribution in [0, 0.1) is 12.8 Å². The van der Waals surface area contributed by atoms with Crippen LogP contribution in [0.4, 0.5) is 13.2 Å². The fraction of sp³-hybridized carbons (Fsp3) is 0.471. The fourth-order valence-electron chi connectivity index (χ4n) is 3.59. The van der Waals surface area contributed by atoms with Gasteiger partial charge in [-0.2, -0.15) is 13.2 Å². The number of aliphatic hydroxyl groups is 1. The second-order valence-corrected chi connectivity index (χ2v) is 7.83. The van der Waals surface area contributed by atoms with Gasteiger partial charge < -0.3 is 9.84 Å². The number of carbonyl (C=O) groups is 1. The van der Waals surface area contributed by atoms with Crippen LogP contribution in [-0.4, -0.2) is 22.9 Å². The molecule has 1 saturated carbocycles. The second kappa shape index (κ2) is 6.20. The van der Waals surface area contributed by atoms with E-state index in [9.17, 15) is 23.1 Å². The van der Waals surface area contributed by atoms with E-state index in [1.54, 1.807) is 19.1 Å². The van der Waals surface area contributed by atoms with Gasteiger partial charge in [-0.15, -0.1) is 0 Å². The summed E-state index contributed by atoms with van der Waals surface area (Å²) < 4.78 is 44.7. The first kappa shape index (κ1) is 18.6. The molecule has 8 heteroatoms. The Morgan fingerprint density at radius 1 is 1.32 bits per heavy atom. The van der Waals surface area contributed by atoms with E-state index in [-0.39, 0.29) is 42.0 Å². The maximum absolute atomic E-state index is 12.9. The van der Waals surface area contributed by atoms with Gasteiger partial charge in [0.2, 0.25) is 0 Å². The van der Waals surface area contributed by atoms with Crippen molar-refractivity contribution in [2.24, 2.45) is 5.92 Å². The number of aliphatic hydroxyl groups excluding tert-OH is 1. The van der Waals surface area contributed by atoms with Crippen LogP contribution < -0.4 is 0 Å². The first-order valence-electron chi connectivity index (χ1n) is 7.75. The van der Waals surface area contributed by atoms with Crippen LogP contribution in [0.2, 0.25) is 5.02 Å². The van der Waals surface area contributed by atoms with Gasteiger partial charge in [0.1, 0.15) is 5.57 Å². The van der Waals surface area contributed by atoms with Crippen LogP contribution in [0.5, 0.6) is 0 Å². The van der Waals surface area contributed by atoms with Gasteiger partial charge in [0.25, 0.3) is 0 Å². The van der Waals surface area contributed by atoms with Crippen molar-refractivity contribution in [3.05, 3.63) is 38.5 Å². The van der Waals surface area contributed by atoms with E-state index in [1.165, 1.54) is 0 Å². The summed E-state index contributed by atoms with van der Waals surface area (Å²) in [4.78, 5) is 12.4. The quantitative estimate of drug-likeness (QED) is 0.569. The molecule has 1 fully saturated rings. The van der Waals surface area contributed by atoms with Crippen molar-refractivity contribution in [3.63, 3.8) is 0 Å². The molecule has 2 aliphatic rings. The number of ether oxygens (including phenoxy) is 1. The van der Waals surface area contributed by atoms with Crippen LogP contribution in [0.3, 0.4) is 0 Å². The number of aryl methyl sites for hydroxylation is 1. The van der Waals surface area contributed by atoms with Crippen molar-refractivity contribution in [3.8, 4) is 0 Å². The van der Waals surface area contributed by atoms with Gasteiger partial charge in [-0.05, 0) is 50.3 Å². The molecule has 0 unspecified atom stereocenters. The molecule has 0 bridgehead atoms. The van der Waals surface area contributed by atoms with Crippen molar-refractivity contribution < 1.29 is 27.8 Å². The molecule has 1 aromatic carbocycles. The Morgan fingerprint density at radius 2 is 1.92 bits per heavy atom. The topological polar surface area (TPSA) is 46.5 Å². The van der Waals surface area contributed by atoms with Crippen molar-refractivity contribution in [1.82, 2.24) is 0 Å². The lowest BCUT2D eigenvalue weighted by Crippen LogP contribution is -2.40. The van der Waals surface area contributed by atoms with Gasteiger partial charge in [-0.1, -0.05) is 27.5 Å². The van der Waals surface area contributed by atoms with Crippen molar-refractivity contribution in [2.45, 2.75) is 44.4 Å². The largest absolute Gasteiger partial charge is 0.507 e. The maximum Gasteiger partial charge on any atom is 0.391 e.